The summed E-state index contributed by atoms with van der Waals surface area (Å²) >= 11 is 0. The topological polar surface area (TPSA) is 84.5 Å². The standard InChI is InChI=1S/C21H24N2O4/c1-15(18-11-7-4-8-12-18)23-21(26)16(2)27-20(25)14-22-19(24)13-17-9-5-3-6-10-17/h3-12,15-16H,13-14H2,1-2H3,(H,22,24)(H,23,26). The summed E-state index contributed by atoms with van der Waals surface area (Å²) in [6.07, 6.45) is -0.770. The van der Waals surface area contributed by atoms with Crippen LogP contribution in [0.25, 0.3) is 0 Å². The summed E-state index contributed by atoms with van der Waals surface area (Å²) in [5, 5.41) is 5.29. The van der Waals surface area contributed by atoms with E-state index < -0.39 is 18.0 Å². The van der Waals surface area contributed by atoms with E-state index in [1.54, 1.807) is 0 Å². The van der Waals surface area contributed by atoms with Gasteiger partial charge >= 0.3 is 5.97 Å². The van der Waals surface area contributed by atoms with Gasteiger partial charge in [0.2, 0.25) is 5.91 Å². The highest BCUT2D eigenvalue weighted by molar-refractivity contribution is 5.86. The van der Waals surface area contributed by atoms with E-state index in [1.807, 2.05) is 67.6 Å². The lowest BCUT2D eigenvalue weighted by Crippen LogP contribution is -2.39. The molecule has 0 aliphatic heterocycles. The Balaban J connectivity index is 1.72. The average Bonchev–Trinajstić information content (AvgIpc) is 2.67. The molecule has 2 amide bonds. The Kier molecular flexibility index (Phi) is 7.55. The maximum atomic E-state index is 12.2. The van der Waals surface area contributed by atoms with E-state index in [9.17, 15) is 14.4 Å². The van der Waals surface area contributed by atoms with Crippen LogP contribution >= 0.6 is 0 Å². The smallest absolute Gasteiger partial charge is 0.326 e. The van der Waals surface area contributed by atoms with Crippen LogP contribution in [0.15, 0.2) is 60.7 Å². The minimum Gasteiger partial charge on any atom is -0.451 e. The highest BCUT2D eigenvalue weighted by Gasteiger charge is 2.20. The van der Waals surface area contributed by atoms with E-state index in [0.29, 0.717) is 0 Å². The van der Waals surface area contributed by atoms with Crippen molar-refractivity contribution in [3.63, 3.8) is 0 Å². The zero-order chi connectivity index (χ0) is 19.6. The zero-order valence-electron chi connectivity index (χ0n) is 15.5. The summed E-state index contributed by atoms with van der Waals surface area (Å²) in [6.45, 7) is 3.07. The van der Waals surface area contributed by atoms with Gasteiger partial charge in [-0.3, -0.25) is 14.4 Å². The van der Waals surface area contributed by atoms with Crippen molar-refractivity contribution in [3.8, 4) is 0 Å². The number of carbonyl (C=O) groups is 3. The van der Waals surface area contributed by atoms with E-state index in [0.717, 1.165) is 11.1 Å². The molecule has 0 radical (unpaired) electrons. The first-order valence-corrected chi connectivity index (χ1v) is 8.81. The van der Waals surface area contributed by atoms with Gasteiger partial charge < -0.3 is 15.4 Å². The molecular formula is C21H24N2O4. The minimum atomic E-state index is -0.949. The lowest BCUT2D eigenvalue weighted by atomic mass is 10.1. The van der Waals surface area contributed by atoms with E-state index in [4.69, 9.17) is 4.74 Å². The van der Waals surface area contributed by atoms with Crippen molar-refractivity contribution in [2.24, 2.45) is 0 Å². The van der Waals surface area contributed by atoms with Gasteiger partial charge in [0.25, 0.3) is 5.91 Å². The van der Waals surface area contributed by atoms with Crippen LogP contribution in [0.4, 0.5) is 0 Å². The van der Waals surface area contributed by atoms with Crippen LogP contribution in [0, 0.1) is 0 Å². The predicted octanol–water partition coefficient (Wildman–Crippen LogP) is 2.15. The second kappa shape index (κ2) is 10.1. The maximum absolute atomic E-state index is 12.2. The molecule has 0 saturated heterocycles. The third kappa shape index (κ3) is 6.93. The molecule has 27 heavy (non-hydrogen) atoms. The van der Waals surface area contributed by atoms with Crippen molar-refractivity contribution in [1.29, 1.82) is 0 Å². The highest BCUT2D eigenvalue weighted by atomic mass is 16.5. The van der Waals surface area contributed by atoms with Gasteiger partial charge in [0, 0.05) is 0 Å². The van der Waals surface area contributed by atoms with E-state index in [-0.39, 0.29) is 24.9 Å². The van der Waals surface area contributed by atoms with Crippen LogP contribution in [0.3, 0.4) is 0 Å². The Morgan fingerprint density at radius 2 is 1.52 bits per heavy atom. The normalized spacial score (nSPS) is 12.5. The molecule has 142 valence electrons. The van der Waals surface area contributed by atoms with Crippen LogP contribution in [-0.4, -0.2) is 30.4 Å². The molecule has 2 aromatic rings. The van der Waals surface area contributed by atoms with Crippen LogP contribution in [0.5, 0.6) is 0 Å². The number of hydrogen-bond donors (Lipinski definition) is 2. The summed E-state index contributed by atoms with van der Waals surface area (Å²) in [5.41, 5.74) is 1.81. The number of esters is 1. The number of amides is 2. The molecule has 2 unspecified atom stereocenters. The number of benzene rings is 2. The van der Waals surface area contributed by atoms with Crippen LogP contribution < -0.4 is 10.6 Å². The van der Waals surface area contributed by atoms with Gasteiger partial charge in [0.1, 0.15) is 6.54 Å². The van der Waals surface area contributed by atoms with Crippen LogP contribution in [-0.2, 0) is 25.5 Å². The summed E-state index contributed by atoms with van der Waals surface area (Å²) in [5.74, 6) is -1.34. The van der Waals surface area contributed by atoms with Gasteiger partial charge in [-0.15, -0.1) is 0 Å². The largest absolute Gasteiger partial charge is 0.451 e. The third-order valence-electron chi connectivity index (χ3n) is 3.97. The average molecular weight is 368 g/mol. The Morgan fingerprint density at radius 3 is 2.15 bits per heavy atom. The van der Waals surface area contributed by atoms with Crippen molar-refractivity contribution in [1.82, 2.24) is 10.6 Å². The summed E-state index contributed by atoms with van der Waals surface area (Å²) in [4.78, 5) is 35.9. The number of rotatable bonds is 8. The molecule has 2 N–H and O–H groups in total. The molecule has 2 atom stereocenters. The quantitative estimate of drug-likeness (QED) is 0.700. The highest BCUT2D eigenvalue weighted by Crippen LogP contribution is 2.11. The van der Waals surface area contributed by atoms with Crippen molar-refractivity contribution < 1.29 is 19.1 Å². The van der Waals surface area contributed by atoms with Crippen molar-refractivity contribution >= 4 is 17.8 Å². The zero-order valence-corrected chi connectivity index (χ0v) is 15.5. The number of carbonyl (C=O) groups excluding carboxylic acids is 3. The maximum Gasteiger partial charge on any atom is 0.326 e. The second-order valence-corrected chi connectivity index (χ2v) is 6.21. The molecule has 2 rings (SSSR count). The Morgan fingerprint density at radius 1 is 0.926 bits per heavy atom. The van der Waals surface area contributed by atoms with Crippen molar-refractivity contribution in [2.45, 2.75) is 32.4 Å². The molecule has 0 aliphatic rings. The first kappa shape index (κ1) is 20.2. The molecule has 0 heterocycles. The molecule has 0 aromatic heterocycles. The third-order valence-corrected chi connectivity index (χ3v) is 3.97. The van der Waals surface area contributed by atoms with E-state index in [2.05, 4.69) is 10.6 Å². The summed E-state index contributed by atoms with van der Waals surface area (Å²) < 4.78 is 5.08. The predicted molar refractivity (Wildman–Crippen MR) is 102 cm³/mol. The van der Waals surface area contributed by atoms with Crippen LogP contribution in [0.1, 0.15) is 31.0 Å². The summed E-state index contributed by atoms with van der Waals surface area (Å²) in [6, 6.07) is 18.5. The molecular weight excluding hydrogens is 344 g/mol. The number of nitrogens with one attached hydrogen (secondary N) is 2. The minimum absolute atomic E-state index is 0.179. The molecule has 0 fully saturated rings. The molecule has 2 aromatic carbocycles. The first-order valence-electron chi connectivity index (χ1n) is 8.81. The van der Waals surface area contributed by atoms with Gasteiger partial charge in [-0.2, -0.15) is 0 Å². The fourth-order valence-electron chi connectivity index (χ4n) is 2.46. The number of hydrogen-bond acceptors (Lipinski definition) is 4. The molecule has 6 nitrogen and oxygen atoms in total. The molecule has 0 aliphatic carbocycles. The molecule has 0 saturated carbocycles. The van der Waals surface area contributed by atoms with E-state index >= 15 is 0 Å². The Bertz CT molecular complexity index is 762. The van der Waals surface area contributed by atoms with Crippen molar-refractivity contribution in [3.05, 3.63) is 71.8 Å². The Hall–Kier alpha value is -3.15. The van der Waals surface area contributed by atoms with Crippen LogP contribution in [0.2, 0.25) is 0 Å². The Labute approximate surface area is 158 Å². The first-order chi connectivity index (χ1) is 13.0. The van der Waals surface area contributed by atoms with Gasteiger partial charge in [-0.1, -0.05) is 60.7 Å². The molecule has 6 heteroatoms. The van der Waals surface area contributed by atoms with Gasteiger partial charge in [-0.25, -0.2) is 0 Å². The second-order valence-electron chi connectivity index (χ2n) is 6.21. The summed E-state index contributed by atoms with van der Waals surface area (Å²) in [7, 11) is 0. The lowest BCUT2D eigenvalue weighted by molar-refractivity contribution is -0.154. The van der Waals surface area contributed by atoms with E-state index in [1.165, 1.54) is 6.92 Å². The molecule has 0 bridgehead atoms. The fraction of sp³-hybridized carbons (Fsp3) is 0.286. The lowest BCUT2D eigenvalue weighted by Gasteiger charge is -2.18. The monoisotopic (exact) mass is 368 g/mol. The SMILES string of the molecule is CC(OC(=O)CNC(=O)Cc1ccccc1)C(=O)NC(C)c1ccccc1. The van der Waals surface area contributed by atoms with Gasteiger partial charge in [0.05, 0.1) is 12.5 Å². The molecule has 0 spiro atoms. The van der Waals surface area contributed by atoms with Gasteiger partial charge in [-0.05, 0) is 25.0 Å². The number of ether oxygens (including phenoxy) is 1. The van der Waals surface area contributed by atoms with Gasteiger partial charge in [0.15, 0.2) is 6.10 Å². The fourth-order valence-corrected chi connectivity index (χ4v) is 2.46. The van der Waals surface area contributed by atoms with Crippen molar-refractivity contribution in [2.75, 3.05) is 6.54 Å².